The van der Waals surface area contributed by atoms with Crippen LogP contribution in [0.25, 0.3) is 0 Å². The summed E-state index contributed by atoms with van der Waals surface area (Å²) in [5.41, 5.74) is 1.33. The van der Waals surface area contributed by atoms with Gasteiger partial charge in [0.1, 0.15) is 17.7 Å². The highest BCUT2D eigenvalue weighted by atomic mass is 19.1. The van der Waals surface area contributed by atoms with Gasteiger partial charge in [0.25, 0.3) is 0 Å². The first-order chi connectivity index (χ1) is 14.6. The molecule has 6 nitrogen and oxygen atoms in total. The molecule has 2 heterocycles. The Kier molecular flexibility index (Phi) is 7.24. The zero-order chi connectivity index (χ0) is 21.3. The van der Waals surface area contributed by atoms with Crippen molar-refractivity contribution in [2.45, 2.75) is 19.3 Å². The predicted octanol–water partition coefficient (Wildman–Crippen LogP) is 5.13. The molecule has 0 saturated carbocycles. The van der Waals surface area contributed by atoms with Gasteiger partial charge in [0.05, 0.1) is 5.56 Å². The molecule has 0 saturated heterocycles. The zero-order valence-corrected chi connectivity index (χ0v) is 16.4. The lowest BCUT2D eigenvalue weighted by Crippen LogP contribution is -2.01. The molecule has 0 fully saturated rings. The molecule has 0 spiro atoms. The van der Waals surface area contributed by atoms with Crippen LogP contribution in [0, 0.1) is 23.0 Å². The number of rotatable bonds is 9. The number of pyridine rings is 2. The minimum absolute atomic E-state index is 0.120. The molecule has 0 aliphatic heterocycles. The molecular weight excluding hydrogens is 390 g/mol. The van der Waals surface area contributed by atoms with E-state index >= 15 is 0 Å². The second kappa shape index (κ2) is 10.3. The Labute approximate surface area is 173 Å². The van der Waals surface area contributed by atoms with Crippen LogP contribution in [-0.4, -0.2) is 23.7 Å². The van der Waals surface area contributed by atoms with Crippen LogP contribution in [-0.2, 0) is 11.2 Å². The Morgan fingerprint density at radius 1 is 1.03 bits per heavy atom. The highest BCUT2D eigenvalue weighted by Crippen LogP contribution is 2.32. The number of nitrogens with one attached hydrogen (secondary N) is 1. The summed E-state index contributed by atoms with van der Waals surface area (Å²) in [6.07, 6.45) is 5.66. The molecule has 0 atom stereocenters. The summed E-state index contributed by atoms with van der Waals surface area (Å²) in [6.45, 7) is 0.668. The third-order valence-corrected chi connectivity index (χ3v) is 4.23. The van der Waals surface area contributed by atoms with E-state index in [4.69, 9.17) is 14.7 Å². The first-order valence-corrected chi connectivity index (χ1v) is 9.33. The number of anilines is 2. The van der Waals surface area contributed by atoms with Gasteiger partial charge in [-0.05, 0) is 55.2 Å². The molecule has 2 aromatic heterocycles. The van der Waals surface area contributed by atoms with Crippen molar-refractivity contribution in [1.82, 2.24) is 9.97 Å². The number of ether oxygens (including phenoxy) is 2. The number of hydrogen-bond donors (Lipinski definition) is 1. The molecule has 0 amide bonds. The van der Waals surface area contributed by atoms with Gasteiger partial charge in [-0.25, -0.2) is 18.7 Å². The van der Waals surface area contributed by atoms with Gasteiger partial charge in [-0.1, -0.05) is 0 Å². The maximum absolute atomic E-state index is 14.1. The number of nitrogens with zero attached hydrogens (tertiary/aromatic N) is 3. The third-order valence-electron chi connectivity index (χ3n) is 4.23. The maximum Gasteiger partial charge on any atom is 0.175 e. The second-order valence-electron chi connectivity index (χ2n) is 6.49. The average molecular weight is 410 g/mol. The van der Waals surface area contributed by atoms with Crippen molar-refractivity contribution < 1.29 is 18.3 Å². The average Bonchev–Trinajstić information content (AvgIpc) is 2.75. The van der Waals surface area contributed by atoms with E-state index in [1.807, 2.05) is 6.07 Å². The molecule has 3 aromatic rings. The fourth-order valence-corrected chi connectivity index (χ4v) is 2.70. The first-order valence-electron chi connectivity index (χ1n) is 9.33. The number of benzene rings is 1. The van der Waals surface area contributed by atoms with Crippen molar-refractivity contribution in [3.63, 3.8) is 0 Å². The van der Waals surface area contributed by atoms with Crippen LogP contribution < -0.4 is 10.1 Å². The van der Waals surface area contributed by atoms with Crippen LogP contribution in [0.1, 0.15) is 24.0 Å². The van der Waals surface area contributed by atoms with Crippen LogP contribution in [0.15, 0.2) is 48.8 Å². The summed E-state index contributed by atoms with van der Waals surface area (Å²) in [5.74, 6) is -0.593. The highest BCUT2D eigenvalue weighted by molar-refractivity contribution is 5.61. The van der Waals surface area contributed by atoms with Crippen LogP contribution in [0.3, 0.4) is 0 Å². The maximum atomic E-state index is 14.1. The number of nitriles is 1. The number of aryl methyl sites for hydroxylation is 1. The summed E-state index contributed by atoms with van der Waals surface area (Å²) >= 11 is 0. The van der Waals surface area contributed by atoms with E-state index in [9.17, 15) is 8.78 Å². The minimum atomic E-state index is -0.817. The number of halogens is 2. The SMILES string of the molecule is COCCCCc1cnc(Nc2ccc(C#N)cn2)c(Oc2ccc(F)cc2F)c1. The molecule has 3 rings (SSSR count). The van der Waals surface area contributed by atoms with Gasteiger partial charge < -0.3 is 14.8 Å². The van der Waals surface area contributed by atoms with Crippen molar-refractivity contribution in [3.8, 4) is 17.6 Å². The summed E-state index contributed by atoms with van der Waals surface area (Å²) in [6, 6.07) is 10.1. The van der Waals surface area contributed by atoms with Gasteiger partial charge in [-0.3, -0.25) is 0 Å². The Morgan fingerprint density at radius 2 is 1.90 bits per heavy atom. The lowest BCUT2D eigenvalue weighted by molar-refractivity contribution is 0.193. The number of methoxy groups -OCH3 is 1. The van der Waals surface area contributed by atoms with Crippen molar-refractivity contribution in [1.29, 1.82) is 5.26 Å². The Hall–Kier alpha value is -3.57. The van der Waals surface area contributed by atoms with Crippen LogP contribution in [0.2, 0.25) is 0 Å². The largest absolute Gasteiger partial charge is 0.450 e. The summed E-state index contributed by atoms with van der Waals surface area (Å²) < 4.78 is 38.1. The normalized spacial score (nSPS) is 10.5. The molecule has 0 aliphatic rings. The lowest BCUT2D eigenvalue weighted by atomic mass is 10.1. The fraction of sp³-hybridized carbons (Fsp3) is 0.227. The standard InChI is InChI=1S/C22H20F2N4O2/c1-29-9-3-2-4-15-10-20(30-19-7-6-17(23)11-18(19)24)22(27-13-15)28-21-8-5-16(12-25)14-26-21/h5-8,10-11,13-14H,2-4,9H2,1H3,(H,26,27,28). The van der Waals surface area contributed by atoms with Crippen molar-refractivity contribution in [3.05, 3.63) is 71.6 Å². The number of aromatic nitrogens is 2. The van der Waals surface area contributed by atoms with E-state index in [0.29, 0.717) is 23.8 Å². The molecule has 1 N–H and O–H groups in total. The van der Waals surface area contributed by atoms with E-state index < -0.39 is 11.6 Å². The molecule has 0 bridgehead atoms. The molecule has 0 aliphatic carbocycles. The topological polar surface area (TPSA) is 80.1 Å². The summed E-state index contributed by atoms with van der Waals surface area (Å²) in [4.78, 5) is 8.54. The quantitative estimate of drug-likeness (QED) is 0.493. The number of hydrogen-bond acceptors (Lipinski definition) is 6. The van der Waals surface area contributed by atoms with Gasteiger partial charge >= 0.3 is 0 Å². The van der Waals surface area contributed by atoms with Crippen LogP contribution in [0.5, 0.6) is 11.5 Å². The fourth-order valence-electron chi connectivity index (χ4n) is 2.70. The van der Waals surface area contributed by atoms with E-state index in [1.54, 1.807) is 31.5 Å². The minimum Gasteiger partial charge on any atom is -0.450 e. The van der Waals surface area contributed by atoms with Crippen molar-refractivity contribution in [2.24, 2.45) is 0 Å². The Balaban J connectivity index is 1.86. The lowest BCUT2D eigenvalue weighted by Gasteiger charge is -2.14. The molecule has 0 unspecified atom stereocenters. The predicted molar refractivity (Wildman–Crippen MR) is 108 cm³/mol. The monoisotopic (exact) mass is 410 g/mol. The molecule has 154 valence electrons. The van der Waals surface area contributed by atoms with Gasteiger partial charge in [-0.15, -0.1) is 0 Å². The molecular formula is C22H20F2N4O2. The third kappa shape index (κ3) is 5.72. The van der Waals surface area contributed by atoms with Crippen LogP contribution >= 0.6 is 0 Å². The van der Waals surface area contributed by atoms with E-state index in [1.165, 1.54) is 12.3 Å². The van der Waals surface area contributed by atoms with Gasteiger partial charge in [-0.2, -0.15) is 5.26 Å². The van der Waals surface area contributed by atoms with Crippen molar-refractivity contribution in [2.75, 3.05) is 19.0 Å². The van der Waals surface area contributed by atoms with E-state index in [0.717, 1.165) is 37.0 Å². The number of unbranched alkanes of at least 4 members (excludes halogenated alkanes) is 1. The Morgan fingerprint density at radius 3 is 2.60 bits per heavy atom. The summed E-state index contributed by atoms with van der Waals surface area (Å²) in [7, 11) is 1.66. The smallest absolute Gasteiger partial charge is 0.175 e. The van der Waals surface area contributed by atoms with Crippen molar-refractivity contribution >= 4 is 11.6 Å². The van der Waals surface area contributed by atoms with E-state index in [-0.39, 0.29) is 11.5 Å². The van der Waals surface area contributed by atoms with Crippen LogP contribution in [0.4, 0.5) is 20.4 Å². The van der Waals surface area contributed by atoms with Gasteiger partial charge in [0.15, 0.2) is 23.1 Å². The Bertz CT molecular complexity index is 1040. The molecule has 30 heavy (non-hydrogen) atoms. The zero-order valence-electron chi connectivity index (χ0n) is 16.4. The van der Waals surface area contributed by atoms with Gasteiger partial charge in [0, 0.05) is 32.2 Å². The first kappa shape index (κ1) is 21.1. The molecule has 1 aromatic carbocycles. The second-order valence-corrected chi connectivity index (χ2v) is 6.49. The molecule has 8 heteroatoms. The van der Waals surface area contributed by atoms with E-state index in [2.05, 4.69) is 15.3 Å². The summed E-state index contributed by atoms with van der Waals surface area (Å²) in [5, 5.41) is 11.9. The van der Waals surface area contributed by atoms with Gasteiger partial charge in [0.2, 0.25) is 0 Å². The molecule has 0 radical (unpaired) electrons. The highest BCUT2D eigenvalue weighted by Gasteiger charge is 2.13.